The van der Waals surface area contributed by atoms with Crippen LogP contribution in [0.5, 0.6) is 5.75 Å². The van der Waals surface area contributed by atoms with E-state index in [1.54, 1.807) is 36.4 Å². The van der Waals surface area contributed by atoms with E-state index in [2.05, 4.69) is 14.4 Å². The third-order valence-corrected chi connectivity index (χ3v) is 5.62. The normalized spacial score (nSPS) is 12.5. The van der Waals surface area contributed by atoms with Crippen molar-refractivity contribution < 1.29 is 30.5 Å². The fourth-order valence-corrected chi connectivity index (χ4v) is 4.26. The van der Waals surface area contributed by atoms with Gasteiger partial charge in [-0.3, -0.25) is 0 Å². The first kappa shape index (κ1) is 27.3. The van der Waals surface area contributed by atoms with Gasteiger partial charge in [-0.1, -0.05) is 83.9 Å². The number of hydrogen-bond donors (Lipinski definition) is 0. The first-order valence-electron chi connectivity index (χ1n) is 9.00. The molecule has 0 saturated heterocycles. The number of nitrogens with one attached hydrogen (secondary N) is 1. The predicted octanol–water partition coefficient (Wildman–Crippen LogP) is 6.57. The second-order valence-corrected chi connectivity index (χ2v) is 8.09. The van der Waals surface area contributed by atoms with Crippen LogP contribution in [-0.4, -0.2) is 15.5 Å². The van der Waals surface area contributed by atoms with Crippen molar-refractivity contribution in [1.29, 1.82) is 0 Å². The average Bonchev–Trinajstić information content (AvgIpc) is 2.79. The molecule has 0 heterocycles. The van der Waals surface area contributed by atoms with Crippen LogP contribution in [0.1, 0.15) is 28.8 Å². The number of rotatable bonds is 8. The quantitative estimate of drug-likeness (QED) is 0.237. The molecule has 3 aromatic carbocycles. The minimum absolute atomic E-state index is 0. The molecule has 0 bridgehead atoms. The van der Waals surface area contributed by atoms with Gasteiger partial charge in [0.2, 0.25) is 0 Å². The summed E-state index contributed by atoms with van der Waals surface area (Å²) in [6, 6.07) is 23.5. The molecule has 8 heteroatoms. The van der Waals surface area contributed by atoms with Crippen molar-refractivity contribution in [3.05, 3.63) is 120 Å². The summed E-state index contributed by atoms with van der Waals surface area (Å²) < 4.78 is 35.0. The van der Waals surface area contributed by atoms with Gasteiger partial charge in [0.15, 0.2) is 0 Å². The van der Waals surface area contributed by atoms with E-state index in [4.69, 9.17) is 10.5 Å². The van der Waals surface area contributed by atoms with E-state index in [1.165, 1.54) is 7.11 Å². The Bertz CT molecular complexity index is 1010. The van der Waals surface area contributed by atoms with Crippen LogP contribution in [0.4, 0.5) is 0 Å². The summed E-state index contributed by atoms with van der Waals surface area (Å²) in [5.41, 5.74) is 10.7. The van der Waals surface area contributed by atoms with Crippen LogP contribution in [0.3, 0.4) is 0 Å². The van der Waals surface area contributed by atoms with Crippen LogP contribution in [0.15, 0.2) is 84.9 Å². The summed E-state index contributed by atoms with van der Waals surface area (Å²) in [6.07, 6.45) is 0. The van der Waals surface area contributed by atoms with E-state index < -0.39 is 22.1 Å². The standard InChI is InChI=1S/C22H22N2O3S.CH3.ClH.Ru/c1-27-20-14-8-9-17(15-20)16-28(25,26)24-22(19-12-6-3-7-13-19)21(23)18-10-4-2-5-11-18;;;/h2-15,21-23H,16H2,1H3;1H3;1H;/q-2;-1;;+4/p-1. The van der Waals surface area contributed by atoms with Crippen molar-refractivity contribution in [2.75, 3.05) is 7.11 Å². The van der Waals surface area contributed by atoms with E-state index in [-0.39, 0.29) is 13.2 Å². The predicted molar refractivity (Wildman–Crippen MR) is 124 cm³/mol. The van der Waals surface area contributed by atoms with E-state index in [1.807, 2.05) is 65.8 Å². The van der Waals surface area contributed by atoms with Crippen molar-refractivity contribution in [3.63, 3.8) is 0 Å². The summed E-state index contributed by atoms with van der Waals surface area (Å²) in [4.78, 5) is 0. The van der Waals surface area contributed by atoms with Gasteiger partial charge in [-0.2, -0.15) is 0 Å². The van der Waals surface area contributed by atoms with Crippen LogP contribution in [0, 0.1) is 7.43 Å². The van der Waals surface area contributed by atoms with Gasteiger partial charge >= 0.3 is 27.0 Å². The molecule has 5 nitrogen and oxygen atoms in total. The molecule has 166 valence electrons. The first-order valence-corrected chi connectivity index (χ1v) is 12.9. The van der Waals surface area contributed by atoms with Gasteiger partial charge in [-0.25, -0.2) is 8.42 Å². The van der Waals surface area contributed by atoms with E-state index >= 15 is 0 Å². The monoisotopic (exact) mass is 546 g/mol. The summed E-state index contributed by atoms with van der Waals surface area (Å²) in [5.74, 6) is 0.352. The van der Waals surface area contributed by atoms with Gasteiger partial charge in [0, 0.05) is 0 Å². The Balaban J connectivity index is 0.00000156. The van der Waals surface area contributed by atoms with Crippen LogP contribution in [0.2, 0.25) is 0 Å². The molecule has 0 spiro atoms. The number of ether oxygens (including phenoxy) is 1. The van der Waals surface area contributed by atoms with Gasteiger partial charge in [0.1, 0.15) is 5.75 Å². The number of halogens is 1. The molecule has 2 unspecified atom stereocenters. The molecule has 0 saturated carbocycles. The Hall–Kier alpha value is -1.76. The topological polar surface area (TPSA) is 81.3 Å². The first-order chi connectivity index (χ1) is 14.5. The Kier molecular flexibility index (Phi) is 12.0. The maximum absolute atomic E-state index is 12.8. The van der Waals surface area contributed by atoms with E-state index in [0.29, 0.717) is 16.9 Å². The molecule has 0 fully saturated rings. The van der Waals surface area contributed by atoms with E-state index in [9.17, 15) is 8.42 Å². The SMILES string of the molecule is COc1cccc(CS(=O)(=O)[N-]C(c2ccccc2)C([NH-])c2ccccc2)c1.[CH3-].[Cl][Ru+3]. The molecule has 3 aromatic rings. The van der Waals surface area contributed by atoms with Crippen LogP contribution >= 0.6 is 9.69 Å². The number of methoxy groups -OCH3 is 1. The van der Waals surface area contributed by atoms with Crippen LogP contribution < -0.4 is 4.74 Å². The molecular weight excluding hydrogens is 521 g/mol. The third kappa shape index (κ3) is 8.36. The van der Waals surface area contributed by atoms with E-state index in [0.717, 1.165) is 5.56 Å². The molecule has 0 aliphatic rings. The fraction of sp³-hybridized carbons (Fsp3) is 0.174. The molecule has 0 aliphatic carbocycles. The zero-order chi connectivity index (χ0) is 22.0. The molecule has 0 amide bonds. The zero-order valence-electron chi connectivity index (χ0n) is 17.3. The summed E-state index contributed by atoms with van der Waals surface area (Å²) in [6.45, 7) is 0. The van der Waals surface area contributed by atoms with Gasteiger partial charge < -0.3 is 22.6 Å². The molecule has 1 N–H and O–H groups in total. The maximum atomic E-state index is 12.8. The Morgan fingerprint density at radius 1 is 0.935 bits per heavy atom. The Morgan fingerprint density at radius 3 is 2.03 bits per heavy atom. The van der Waals surface area contributed by atoms with Gasteiger partial charge in [0.25, 0.3) is 0 Å². The fourth-order valence-electron chi connectivity index (χ4n) is 2.99. The Morgan fingerprint density at radius 2 is 1.48 bits per heavy atom. The van der Waals surface area contributed by atoms with Crippen molar-refractivity contribution in [1.82, 2.24) is 0 Å². The van der Waals surface area contributed by atoms with Gasteiger partial charge in [0.05, 0.1) is 22.9 Å². The van der Waals surface area contributed by atoms with Crippen molar-refractivity contribution in [2.45, 2.75) is 17.8 Å². The van der Waals surface area contributed by atoms with Crippen LogP contribution in [-0.2, 0) is 33.1 Å². The Labute approximate surface area is 199 Å². The summed E-state index contributed by atoms with van der Waals surface area (Å²) in [5, 5.41) is 0. The van der Waals surface area contributed by atoms with Gasteiger partial charge in [-0.05, 0) is 17.7 Å². The minimum atomic E-state index is -3.81. The molecule has 0 aromatic heterocycles. The molecule has 0 radical (unpaired) electrons. The third-order valence-electron chi connectivity index (χ3n) is 4.37. The zero-order valence-corrected chi connectivity index (χ0v) is 20.6. The number of sulfonamides is 1. The molecular formula is C23H25ClN2O3RuS. The van der Waals surface area contributed by atoms with Crippen molar-refractivity contribution >= 4 is 19.7 Å². The molecule has 3 rings (SSSR count). The molecule has 0 aliphatic heterocycles. The van der Waals surface area contributed by atoms with Crippen LogP contribution in [0.25, 0.3) is 10.5 Å². The molecule has 31 heavy (non-hydrogen) atoms. The number of nitrogens with zero attached hydrogens (tertiary/aromatic N) is 1. The molecule has 2 atom stereocenters. The van der Waals surface area contributed by atoms with Gasteiger partial charge in [-0.15, -0.1) is 12.1 Å². The summed E-state index contributed by atoms with van der Waals surface area (Å²) >= 11 is 1.82. The number of benzene rings is 3. The average molecular weight is 546 g/mol. The van der Waals surface area contributed by atoms with Crippen molar-refractivity contribution in [2.24, 2.45) is 0 Å². The second-order valence-electron chi connectivity index (χ2n) is 6.43. The second kappa shape index (κ2) is 13.6. The van der Waals surface area contributed by atoms with Crippen molar-refractivity contribution in [3.8, 4) is 5.75 Å². The summed E-state index contributed by atoms with van der Waals surface area (Å²) in [7, 11) is 2.29. The number of hydrogen-bond acceptors (Lipinski definition) is 3.